The third-order valence-corrected chi connectivity index (χ3v) is 3.23. The summed E-state index contributed by atoms with van der Waals surface area (Å²) in [4.78, 5) is 4.19. The predicted molar refractivity (Wildman–Crippen MR) is 64.2 cm³/mol. The first-order valence-electron chi connectivity index (χ1n) is 6.16. The number of hydrogen-bond acceptors (Lipinski definition) is 3. The van der Waals surface area contributed by atoms with Gasteiger partial charge in [-0.3, -0.25) is 0 Å². The maximum absolute atomic E-state index is 5.72. The third-order valence-electron chi connectivity index (χ3n) is 3.23. The van der Waals surface area contributed by atoms with E-state index in [9.17, 15) is 0 Å². The molecule has 0 aliphatic heterocycles. The van der Waals surface area contributed by atoms with Crippen LogP contribution in [0.1, 0.15) is 37.7 Å². The van der Waals surface area contributed by atoms with Crippen molar-refractivity contribution >= 4 is 0 Å². The molecule has 0 saturated heterocycles. The Labute approximate surface area is 97.0 Å². The van der Waals surface area contributed by atoms with Gasteiger partial charge < -0.3 is 10.5 Å². The van der Waals surface area contributed by atoms with Crippen molar-refractivity contribution in [1.82, 2.24) is 4.98 Å². The Morgan fingerprint density at radius 1 is 1.31 bits per heavy atom. The van der Waals surface area contributed by atoms with Gasteiger partial charge in [-0.25, -0.2) is 4.98 Å². The van der Waals surface area contributed by atoms with Crippen LogP contribution < -0.4 is 10.5 Å². The van der Waals surface area contributed by atoms with Crippen molar-refractivity contribution in [1.29, 1.82) is 0 Å². The topological polar surface area (TPSA) is 48.1 Å². The van der Waals surface area contributed by atoms with E-state index in [1.807, 2.05) is 12.1 Å². The van der Waals surface area contributed by atoms with Crippen LogP contribution in [0, 0.1) is 5.92 Å². The van der Waals surface area contributed by atoms with Crippen LogP contribution in [0.4, 0.5) is 0 Å². The van der Waals surface area contributed by atoms with Crippen LogP contribution in [0.2, 0.25) is 0 Å². The molecule has 0 unspecified atom stereocenters. The van der Waals surface area contributed by atoms with Crippen LogP contribution in [0.3, 0.4) is 0 Å². The Morgan fingerprint density at radius 2 is 2.12 bits per heavy atom. The van der Waals surface area contributed by atoms with Gasteiger partial charge in [-0.2, -0.15) is 0 Å². The summed E-state index contributed by atoms with van der Waals surface area (Å²) in [7, 11) is 0. The molecule has 2 rings (SSSR count). The van der Waals surface area contributed by atoms with Gasteiger partial charge in [-0.15, -0.1) is 0 Å². The fourth-order valence-electron chi connectivity index (χ4n) is 2.21. The maximum Gasteiger partial charge on any atom is 0.213 e. The summed E-state index contributed by atoms with van der Waals surface area (Å²) in [6.45, 7) is 1.35. The summed E-state index contributed by atoms with van der Waals surface area (Å²) in [6.07, 6.45) is 8.46. The van der Waals surface area contributed by atoms with Crippen molar-refractivity contribution in [3.63, 3.8) is 0 Å². The molecule has 1 aromatic rings. The van der Waals surface area contributed by atoms with E-state index in [0.29, 0.717) is 12.4 Å². The van der Waals surface area contributed by atoms with Gasteiger partial charge in [-0.05, 0) is 30.4 Å². The minimum absolute atomic E-state index is 0.544. The summed E-state index contributed by atoms with van der Waals surface area (Å²) < 4.78 is 5.72. The zero-order valence-electron chi connectivity index (χ0n) is 9.69. The smallest absolute Gasteiger partial charge is 0.213 e. The molecular weight excluding hydrogens is 200 g/mol. The van der Waals surface area contributed by atoms with Crippen molar-refractivity contribution in [3.05, 3.63) is 23.9 Å². The van der Waals surface area contributed by atoms with Crippen molar-refractivity contribution in [3.8, 4) is 5.88 Å². The molecule has 1 heterocycles. The van der Waals surface area contributed by atoms with Gasteiger partial charge in [0.2, 0.25) is 5.88 Å². The normalized spacial score (nSPS) is 17.3. The molecule has 0 spiro atoms. The summed E-state index contributed by atoms with van der Waals surface area (Å²) >= 11 is 0. The van der Waals surface area contributed by atoms with E-state index in [1.54, 1.807) is 6.20 Å². The largest absolute Gasteiger partial charge is 0.477 e. The lowest BCUT2D eigenvalue weighted by Crippen LogP contribution is -2.15. The fourth-order valence-corrected chi connectivity index (χ4v) is 2.21. The Balaban J connectivity index is 1.83. The zero-order valence-corrected chi connectivity index (χ0v) is 9.69. The molecule has 3 heteroatoms. The summed E-state index contributed by atoms with van der Waals surface area (Å²) in [5.74, 6) is 1.44. The zero-order chi connectivity index (χ0) is 11.2. The van der Waals surface area contributed by atoms with Crippen LogP contribution in [0.5, 0.6) is 5.88 Å². The number of aromatic nitrogens is 1. The summed E-state index contributed by atoms with van der Waals surface area (Å²) in [5.41, 5.74) is 6.65. The van der Waals surface area contributed by atoms with Gasteiger partial charge in [-0.1, -0.05) is 19.3 Å². The Bertz CT molecular complexity index is 321. The first-order valence-corrected chi connectivity index (χ1v) is 6.16. The number of pyridine rings is 1. The van der Waals surface area contributed by atoms with Gasteiger partial charge in [0.25, 0.3) is 0 Å². The number of nitrogens with two attached hydrogens (primary N) is 1. The van der Waals surface area contributed by atoms with E-state index in [-0.39, 0.29) is 0 Å². The molecule has 0 aromatic carbocycles. The minimum atomic E-state index is 0.544. The second kappa shape index (κ2) is 5.85. The van der Waals surface area contributed by atoms with Crippen LogP contribution >= 0.6 is 0 Å². The molecule has 1 fully saturated rings. The Kier molecular flexibility index (Phi) is 4.17. The fraction of sp³-hybridized carbons (Fsp3) is 0.615. The number of nitrogens with zero attached hydrogens (tertiary/aromatic N) is 1. The third kappa shape index (κ3) is 3.20. The molecular formula is C13H20N2O. The standard InChI is InChI=1S/C13H20N2O/c14-9-12-6-7-15-13(8-12)16-10-11-4-2-1-3-5-11/h6-8,11H,1-5,9-10,14H2. The minimum Gasteiger partial charge on any atom is -0.477 e. The van der Waals surface area contributed by atoms with Crippen LogP contribution in [-0.2, 0) is 6.54 Å². The Hall–Kier alpha value is -1.09. The van der Waals surface area contributed by atoms with Crippen LogP contribution in [0.25, 0.3) is 0 Å². The van der Waals surface area contributed by atoms with Crippen LogP contribution in [-0.4, -0.2) is 11.6 Å². The molecule has 0 bridgehead atoms. The molecule has 88 valence electrons. The van der Waals surface area contributed by atoms with Crippen molar-refractivity contribution in [2.75, 3.05) is 6.61 Å². The van der Waals surface area contributed by atoms with Gasteiger partial charge >= 0.3 is 0 Å². The van der Waals surface area contributed by atoms with E-state index in [0.717, 1.165) is 18.1 Å². The lowest BCUT2D eigenvalue weighted by atomic mass is 9.90. The van der Waals surface area contributed by atoms with Gasteiger partial charge in [0.1, 0.15) is 0 Å². The monoisotopic (exact) mass is 220 g/mol. The molecule has 0 radical (unpaired) electrons. The van der Waals surface area contributed by atoms with E-state index < -0.39 is 0 Å². The molecule has 1 aromatic heterocycles. The molecule has 2 N–H and O–H groups in total. The van der Waals surface area contributed by atoms with Crippen molar-refractivity contribution < 1.29 is 4.74 Å². The van der Waals surface area contributed by atoms with E-state index in [2.05, 4.69) is 4.98 Å². The van der Waals surface area contributed by atoms with Gasteiger partial charge in [0.15, 0.2) is 0 Å². The number of rotatable bonds is 4. The second-order valence-corrected chi connectivity index (χ2v) is 4.52. The molecule has 1 saturated carbocycles. The first-order chi connectivity index (χ1) is 7.88. The number of hydrogen-bond donors (Lipinski definition) is 1. The first kappa shape index (κ1) is 11.4. The molecule has 3 nitrogen and oxygen atoms in total. The van der Waals surface area contributed by atoms with E-state index in [1.165, 1.54) is 32.1 Å². The van der Waals surface area contributed by atoms with Gasteiger partial charge in [0, 0.05) is 18.8 Å². The molecule has 16 heavy (non-hydrogen) atoms. The van der Waals surface area contributed by atoms with Crippen LogP contribution in [0.15, 0.2) is 18.3 Å². The SMILES string of the molecule is NCc1ccnc(OCC2CCCCC2)c1. The summed E-state index contributed by atoms with van der Waals surface area (Å²) in [5, 5.41) is 0. The van der Waals surface area contributed by atoms with Gasteiger partial charge in [0.05, 0.1) is 6.61 Å². The molecule has 1 aliphatic rings. The second-order valence-electron chi connectivity index (χ2n) is 4.52. The molecule has 1 aliphatic carbocycles. The average molecular weight is 220 g/mol. The average Bonchev–Trinajstić information content (AvgIpc) is 2.38. The summed E-state index contributed by atoms with van der Waals surface area (Å²) in [6, 6.07) is 3.86. The van der Waals surface area contributed by atoms with Crippen molar-refractivity contribution in [2.24, 2.45) is 11.7 Å². The molecule has 0 atom stereocenters. The molecule has 0 amide bonds. The highest BCUT2D eigenvalue weighted by atomic mass is 16.5. The Morgan fingerprint density at radius 3 is 2.88 bits per heavy atom. The predicted octanol–water partition coefficient (Wildman–Crippen LogP) is 2.50. The van der Waals surface area contributed by atoms with E-state index in [4.69, 9.17) is 10.5 Å². The highest BCUT2D eigenvalue weighted by Gasteiger charge is 2.14. The maximum atomic E-state index is 5.72. The highest BCUT2D eigenvalue weighted by molar-refractivity contribution is 5.20. The lowest BCUT2D eigenvalue weighted by molar-refractivity contribution is 0.203. The van der Waals surface area contributed by atoms with E-state index >= 15 is 0 Å². The number of ether oxygens (including phenoxy) is 1. The van der Waals surface area contributed by atoms with Crippen molar-refractivity contribution in [2.45, 2.75) is 38.6 Å². The highest BCUT2D eigenvalue weighted by Crippen LogP contribution is 2.24. The quantitative estimate of drug-likeness (QED) is 0.848. The lowest BCUT2D eigenvalue weighted by Gasteiger charge is -2.21.